The zero-order valence-corrected chi connectivity index (χ0v) is 10.5. The Kier molecular flexibility index (Phi) is 6.08. The Hall–Kier alpha value is -1.68. The second kappa shape index (κ2) is 7.61. The van der Waals surface area contributed by atoms with Gasteiger partial charge in [0, 0.05) is 12.1 Å². The fourth-order valence-corrected chi connectivity index (χ4v) is 1.48. The summed E-state index contributed by atoms with van der Waals surface area (Å²) in [6.07, 6.45) is 2.57. The number of aryl methyl sites for hydroxylation is 1. The van der Waals surface area contributed by atoms with E-state index in [0.717, 1.165) is 6.42 Å². The molecule has 0 atom stereocenters. The number of rotatable bonds is 7. The van der Waals surface area contributed by atoms with Gasteiger partial charge in [-0.2, -0.15) is 0 Å². The second-order valence-corrected chi connectivity index (χ2v) is 3.90. The molecule has 0 aliphatic heterocycles. The predicted molar refractivity (Wildman–Crippen MR) is 69.1 cm³/mol. The molecular weight excluding hydrogens is 233 g/mol. The highest BCUT2D eigenvalue weighted by molar-refractivity contribution is 5.95. The lowest BCUT2D eigenvalue weighted by Crippen LogP contribution is -2.28. The van der Waals surface area contributed by atoms with E-state index in [4.69, 9.17) is 4.74 Å². The van der Waals surface area contributed by atoms with Crippen LogP contribution in [0.25, 0.3) is 0 Å². The molecule has 0 bridgehead atoms. The molecule has 0 aliphatic carbocycles. The summed E-state index contributed by atoms with van der Waals surface area (Å²) in [6, 6.07) is 4.11. The van der Waals surface area contributed by atoms with Gasteiger partial charge in [0.25, 0.3) is 5.91 Å². The van der Waals surface area contributed by atoms with Gasteiger partial charge in [-0.15, -0.1) is 6.58 Å². The van der Waals surface area contributed by atoms with Crippen molar-refractivity contribution in [2.24, 2.45) is 0 Å². The van der Waals surface area contributed by atoms with E-state index in [2.05, 4.69) is 11.9 Å². The van der Waals surface area contributed by atoms with E-state index in [1.165, 1.54) is 18.2 Å². The van der Waals surface area contributed by atoms with Crippen molar-refractivity contribution in [3.8, 4) is 0 Å². The molecule has 0 spiro atoms. The lowest BCUT2D eigenvalue weighted by Gasteiger charge is -2.08. The van der Waals surface area contributed by atoms with Crippen LogP contribution in [-0.2, 0) is 4.74 Å². The number of halogens is 1. The third-order valence-electron chi connectivity index (χ3n) is 2.43. The molecule has 18 heavy (non-hydrogen) atoms. The van der Waals surface area contributed by atoms with Crippen LogP contribution in [0.15, 0.2) is 30.9 Å². The molecule has 0 fully saturated rings. The average Bonchev–Trinajstić information content (AvgIpc) is 2.33. The van der Waals surface area contributed by atoms with E-state index < -0.39 is 0 Å². The lowest BCUT2D eigenvalue weighted by atomic mass is 10.1. The predicted octanol–water partition coefficient (Wildman–Crippen LogP) is 2.46. The van der Waals surface area contributed by atoms with E-state index in [1.54, 1.807) is 13.0 Å². The van der Waals surface area contributed by atoms with Crippen molar-refractivity contribution in [1.82, 2.24) is 5.32 Å². The zero-order valence-electron chi connectivity index (χ0n) is 10.5. The van der Waals surface area contributed by atoms with Gasteiger partial charge in [-0.3, -0.25) is 4.79 Å². The van der Waals surface area contributed by atoms with Crippen LogP contribution in [0.5, 0.6) is 0 Å². The van der Waals surface area contributed by atoms with E-state index in [0.29, 0.717) is 30.9 Å². The van der Waals surface area contributed by atoms with Crippen LogP contribution in [0, 0.1) is 12.7 Å². The third-order valence-corrected chi connectivity index (χ3v) is 2.43. The molecule has 1 N–H and O–H groups in total. The minimum atomic E-state index is -0.336. The summed E-state index contributed by atoms with van der Waals surface area (Å²) in [5.74, 6) is -0.545. The summed E-state index contributed by atoms with van der Waals surface area (Å²) in [5.41, 5.74) is 1.11. The van der Waals surface area contributed by atoms with Gasteiger partial charge in [0.15, 0.2) is 0 Å². The van der Waals surface area contributed by atoms with Crippen LogP contribution in [-0.4, -0.2) is 25.7 Å². The molecular formula is C14H18FNO2. The highest BCUT2D eigenvalue weighted by Crippen LogP contribution is 2.09. The summed E-state index contributed by atoms with van der Waals surface area (Å²) in [7, 11) is 0. The van der Waals surface area contributed by atoms with Crippen LogP contribution < -0.4 is 5.32 Å². The summed E-state index contributed by atoms with van der Waals surface area (Å²) >= 11 is 0. The summed E-state index contributed by atoms with van der Waals surface area (Å²) in [4.78, 5) is 11.8. The average molecular weight is 251 g/mol. The third kappa shape index (κ3) is 4.67. The molecule has 98 valence electrons. The molecule has 0 radical (unpaired) electrons. The number of hydrogen-bond acceptors (Lipinski definition) is 2. The van der Waals surface area contributed by atoms with Crippen molar-refractivity contribution in [2.45, 2.75) is 13.3 Å². The monoisotopic (exact) mass is 251 g/mol. The van der Waals surface area contributed by atoms with Crippen molar-refractivity contribution >= 4 is 5.91 Å². The highest BCUT2D eigenvalue weighted by Gasteiger charge is 2.08. The maximum atomic E-state index is 12.9. The first kappa shape index (κ1) is 14.4. The van der Waals surface area contributed by atoms with Crippen molar-refractivity contribution in [3.05, 3.63) is 47.8 Å². The molecule has 1 amide bonds. The standard InChI is InChI=1S/C14H18FNO2/c1-3-4-8-18-9-7-16-14(17)13-6-5-12(15)10-11(13)2/h3,5-6,10H,1,4,7-9H2,2H3,(H,16,17). The van der Waals surface area contributed by atoms with Crippen molar-refractivity contribution in [1.29, 1.82) is 0 Å². The molecule has 0 saturated heterocycles. The van der Waals surface area contributed by atoms with E-state index in [1.807, 2.05) is 0 Å². The van der Waals surface area contributed by atoms with Crippen LogP contribution in [0.3, 0.4) is 0 Å². The first-order chi connectivity index (χ1) is 8.65. The van der Waals surface area contributed by atoms with Crippen molar-refractivity contribution < 1.29 is 13.9 Å². The number of ether oxygens (including phenoxy) is 1. The number of hydrogen-bond donors (Lipinski definition) is 1. The molecule has 0 aliphatic rings. The SMILES string of the molecule is C=CCCOCCNC(=O)c1ccc(F)cc1C. The van der Waals surface area contributed by atoms with Gasteiger partial charge in [-0.05, 0) is 37.1 Å². The molecule has 0 heterocycles. The lowest BCUT2D eigenvalue weighted by molar-refractivity contribution is 0.0917. The largest absolute Gasteiger partial charge is 0.379 e. The topological polar surface area (TPSA) is 38.3 Å². The minimum Gasteiger partial charge on any atom is -0.379 e. The number of amides is 1. The zero-order chi connectivity index (χ0) is 13.4. The molecule has 1 rings (SSSR count). The Balaban J connectivity index is 2.34. The molecule has 1 aromatic carbocycles. The molecule has 4 heteroatoms. The van der Waals surface area contributed by atoms with Gasteiger partial charge in [-0.1, -0.05) is 6.08 Å². The first-order valence-electron chi connectivity index (χ1n) is 5.88. The number of carbonyl (C=O) groups is 1. The van der Waals surface area contributed by atoms with E-state index in [-0.39, 0.29) is 11.7 Å². The van der Waals surface area contributed by atoms with Gasteiger partial charge in [0.2, 0.25) is 0 Å². The molecule has 0 unspecified atom stereocenters. The van der Waals surface area contributed by atoms with Crippen LogP contribution >= 0.6 is 0 Å². The van der Waals surface area contributed by atoms with Gasteiger partial charge in [0.05, 0.1) is 13.2 Å². The maximum absolute atomic E-state index is 12.9. The first-order valence-corrected chi connectivity index (χ1v) is 5.88. The normalized spacial score (nSPS) is 10.1. The highest BCUT2D eigenvalue weighted by atomic mass is 19.1. The van der Waals surface area contributed by atoms with Gasteiger partial charge < -0.3 is 10.1 Å². The summed E-state index contributed by atoms with van der Waals surface area (Å²) in [6.45, 7) is 6.79. The molecule has 1 aromatic rings. The smallest absolute Gasteiger partial charge is 0.251 e. The van der Waals surface area contributed by atoms with Crippen LogP contribution in [0.4, 0.5) is 4.39 Å². The molecule has 0 aromatic heterocycles. The quantitative estimate of drug-likeness (QED) is 0.597. The Morgan fingerprint density at radius 3 is 2.94 bits per heavy atom. The number of benzene rings is 1. The van der Waals surface area contributed by atoms with Crippen molar-refractivity contribution in [3.63, 3.8) is 0 Å². The Bertz CT molecular complexity index is 418. The minimum absolute atomic E-state index is 0.208. The number of carbonyl (C=O) groups excluding carboxylic acids is 1. The fraction of sp³-hybridized carbons (Fsp3) is 0.357. The van der Waals surface area contributed by atoms with Gasteiger partial charge >= 0.3 is 0 Å². The van der Waals surface area contributed by atoms with Crippen LogP contribution in [0.2, 0.25) is 0 Å². The van der Waals surface area contributed by atoms with E-state index >= 15 is 0 Å². The molecule has 3 nitrogen and oxygen atoms in total. The van der Waals surface area contributed by atoms with Crippen molar-refractivity contribution in [2.75, 3.05) is 19.8 Å². The van der Waals surface area contributed by atoms with E-state index in [9.17, 15) is 9.18 Å². The van der Waals surface area contributed by atoms with Crippen LogP contribution in [0.1, 0.15) is 22.3 Å². The number of nitrogens with one attached hydrogen (secondary N) is 1. The molecule has 0 saturated carbocycles. The summed E-state index contributed by atoms with van der Waals surface area (Å²) in [5, 5.41) is 2.72. The Morgan fingerprint density at radius 2 is 2.28 bits per heavy atom. The fourth-order valence-electron chi connectivity index (χ4n) is 1.48. The van der Waals surface area contributed by atoms with Gasteiger partial charge in [0.1, 0.15) is 5.82 Å². The maximum Gasteiger partial charge on any atom is 0.251 e. The Morgan fingerprint density at radius 1 is 1.50 bits per heavy atom. The second-order valence-electron chi connectivity index (χ2n) is 3.90. The Labute approximate surface area is 107 Å². The van der Waals surface area contributed by atoms with Gasteiger partial charge in [-0.25, -0.2) is 4.39 Å². The summed E-state index contributed by atoms with van der Waals surface area (Å²) < 4.78 is 18.1.